The summed E-state index contributed by atoms with van der Waals surface area (Å²) in [6.07, 6.45) is 1.64. The highest BCUT2D eigenvalue weighted by Gasteiger charge is 2.30. The molecule has 2 aromatic rings. The summed E-state index contributed by atoms with van der Waals surface area (Å²) in [4.78, 5) is 14.7. The van der Waals surface area contributed by atoms with Crippen LogP contribution < -0.4 is 4.90 Å². The molecule has 0 aliphatic carbocycles. The molecule has 0 atom stereocenters. The number of fused-ring (bicyclic) bond motifs is 1. The fourth-order valence-corrected chi connectivity index (χ4v) is 4.56. The Kier molecular flexibility index (Phi) is 4.85. The highest BCUT2D eigenvalue weighted by molar-refractivity contribution is 8.03. The minimum atomic E-state index is 0.00346. The van der Waals surface area contributed by atoms with E-state index in [1.165, 1.54) is 11.8 Å². The maximum Gasteiger partial charge on any atom is 0.155 e. The van der Waals surface area contributed by atoms with E-state index in [9.17, 15) is 9.90 Å². The Morgan fingerprint density at radius 1 is 1.28 bits per heavy atom. The van der Waals surface area contributed by atoms with Gasteiger partial charge >= 0.3 is 0 Å². The number of carbonyl (C=O) groups is 1. The standard InChI is InChI=1S/C20H20ClNO2S/c1-5-22-18(10-13(4)23)25-17-7-6-16(24)19(20(17)22)14-8-11(2)12(3)9-15(14)21/h6-10,24H,5H2,1-4H3/b18-10-. The van der Waals surface area contributed by atoms with Gasteiger partial charge < -0.3 is 10.0 Å². The number of ketones is 1. The summed E-state index contributed by atoms with van der Waals surface area (Å²) < 4.78 is 0. The SMILES string of the molecule is CCN1/C(=C/C(C)=O)Sc2ccc(O)c(-c3cc(C)c(C)cc3Cl)c21. The second kappa shape index (κ2) is 6.77. The Morgan fingerprint density at radius 3 is 2.60 bits per heavy atom. The number of nitrogens with zero attached hydrogens (tertiary/aromatic N) is 1. The summed E-state index contributed by atoms with van der Waals surface area (Å²) >= 11 is 8.06. The quantitative estimate of drug-likeness (QED) is 0.701. The molecule has 0 radical (unpaired) electrons. The maximum absolute atomic E-state index is 11.6. The Labute approximate surface area is 157 Å². The minimum absolute atomic E-state index is 0.00346. The smallest absolute Gasteiger partial charge is 0.155 e. The molecule has 5 heteroatoms. The van der Waals surface area contributed by atoms with Gasteiger partial charge in [0.15, 0.2) is 5.78 Å². The van der Waals surface area contributed by atoms with E-state index in [1.807, 2.05) is 39.0 Å². The molecule has 1 N–H and O–H groups in total. The third-order valence-corrected chi connectivity index (χ3v) is 5.77. The molecule has 0 amide bonds. The molecule has 0 unspecified atom stereocenters. The van der Waals surface area contributed by atoms with Crippen LogP contribution in [0.5, 0.6) is 5.75 Å². The Hall–Kier alpha value is -1.91. The lowest BCUT2D eigenvalue weighted by atomic mass is 9.97. The molecular formula is C20H20ClNO2S. The largest absolute Gasteiger partial charge is 0.507 e. The third kappa shape index (κ3) is 3.16. The zero-order valence-corrected chi connectivity index (χ0v) is 16.3. The molecule has 1 heterocycles. The van der Waals surface area contributed by atoms with Crippen molar-refractivity contribution in [3.8, 4) is 16.9 Å². The molecule has 0 aromatic heterocycles. The number of halogens is 1. The van der Waals surface area contributed by atoms with E-state index in [0.717, 1.165) is 32.3 Å². The fourth-order valence-electron chi connectivity index (χ4n) is 3.02. The van der Waals surface area contributed by atoms with Crippen molar-refractivity contribution >= 4 is 34.8 Å². The topological polar surface area (TPSA) is 40.5 Å². The lowest BCUT2D eigenvalue weighted by Gasteiger charge is -2.22. The van der Waals surface area contributed by atoms with Crippen molar-refractivity contribution in [2.45, 2.75) is 32.6 Å². The number of rotatable bonds is 3. The average molecular weight is 374 g/mol. The number of hydrogen-bond donors (Lipinski definition) is 1. The van der Waals surface area contributed by atoms with Gasteiger partial charge in [0.25, 0.3) is 0 Å². The molecule has 1 aliphatic heterocycles. The number of aryl methyl sites for hydroxylation is 2. The second-order valence-corrected chi connectivity index (χ2v) is 7.63. The van der Waals surface area contributed by atoms with Crippen LogP contribution in [0.1, 0.15) is 25.0 Å². The van der Waals surface area contributed by atoms with E-state index in [0.29, 0.717) is 17.1 Å². The van der Waals surface area contributed by atoms with Gasteiger partial charge in [-0.3, -0.25) is 4.79 Å². The predicted molar refractivity (Wildman–Crippen MR) is 106 cm³/mol. The molecule has 130 valence electrons. The van der Waals surface area contributed by atoms with Crippen LogP contribution in [0.25, 0.3) is 11.1 Å². The first kappa shape index (κ1) is 17.9. The molecule has 0 spiro atoms. The summed E-state index contributed by atoms with van der Waals surface area (Å²) in [6, 6.07) is 7.52. The number of hydrogen-bond acceptors (Lipinski definition) is 4. The summed E-state index contributed by atoms with van der Waals surface area (Å²) in [7, 11) is 0. The van der Waals surface area contributed by atoms with Gasteiger partial charge in [-0.1, -0.05) is 23.4 Å². The van der Waals surface area contributed by atoms with Gasteiger partial charge in [-0.25, -0.2) is 0 Å². The zero-order chi connectivity index (χ0) is 18.3. The highest BCUT2D eigenvalue weighted by Crippen LogP contribution is 2.54. The zero-order valence-electron chi connectivity index (χ0n) is 14.7. The number of carbonyl (C=O) groups excluding carboxylic acids is 1. The van der Waals surface area contributed by atoms with E-state index in [2.05, 4.69) is 4.90 Å². The monoisotopic (exact) mass is 373 g/mol. The molecule has 3 nitrogen and oxygen atoms in total. The average Bonchev–Trinajstić information content (AvgIpc) is 2.88. The van der Waals surface area contributed by atoms with Crippen LogP contribution in [0.4, 0.5) is 5.69 Å². The van der Waals surface area contributed by atoms with E-state index in [-0.39, 0.29) is 11.5 Å². The normalized spacial score (nSPS) is 14.9. The number of allylic oxidation sites excluding steroid dienone is 1. The fraction of sp³-hybridized carbons (Fsp3) is 0.250. The number of phenols is 1. The van der Waals surface area contributed by atoms with Crippen LogP contribution in [0, 0.1) is 13.8 Å². The number of thioether (sulfide) groups is 1. The van der Waals surface area contributed by atoms with Gasteiger partial charge in [-0.05, 0) is 63.1 Å². The van der Waals surface area contributed by atoms with Crippen molar-refractivity contribution in [3.63, 3.8) is 0 Å². The number of anilines is 1. The summed E-state index contributed by atoms with van der Waals surface area (Å²) in [5, 5.41) is 12.1. The predicted octanol–water partition coefficient (Wildman–Crippen LogP) is 5.69. The van der Waals surface area contributed by atoms with E-state index in [4.69, 9.17) is 11.6 Å². The molecular weight excluding hydrogens is 354 g/mol. The van der Waals surface area contributed by atoms with Crippen molar-refractivity contribution in [1.82, 2.24) is 0 Å². The number of benzene rings is 2. The molecule has 0 fully saturated rings. The van der Waals surface area contributed by atoms with Gasteiger partial charge in [-0.2, -0.15) is 0 Å². The summed E-state index contributed by atoms with van der Waals surface area (Å²) in [5.41, 5.74) is 4.66. The Morgan fingerprint density at radius 2 is 1.96 bits per heavy atom. The number of phenolic OH excluding ortho intramolecular Hbond substituents is 1. The maximum atomic E-state index is 11.6. The van der Waals surface area contributed by atoms with Crippen molar-refractivity contribution in [3.05, 3.63) is 51.5 Å². The lowest BCUT2D eigenvalue weighted by molar-refractivity contribution is -0.112. The van der Waals surface area contributed by atoms with Crippen LogP contribution in [0.2, 0.25) is 5.02 Å². The second-order valence-electron chi connectivity index (χ2n) is 6.16. The van der Waals surface area contributed by atoms with Gasteiger partial charge in [0.1, 0.15) is 5.75 Å². The van der Waals surface area contributed by atoms with Gasteiger partial charge in [0.05, 0.1) is 10.7 Å². The van der Waals surface area contributed by atoms with Crippen LogP contribution in [0.15, 0.2) is 40.3 Å². The molecule has 2 aromatic carbocycles. The molecule has 0 saturated carbocycles. The molecule has 25 heavy (non-hydrogen) atoms. The summed E-state index contributed by atoms with van der Waals surface area (Å²) in [6.45, 7) is 8.31. The van der Waals surface area contributed by atoms with Gasteiger partial charge in [0.2, 0.25) is 0 Å². The molecule has 1 aliphatic rings. The highest BCUT2D eigenvalue weighted by atomic mass is 35.5. The van der Waals surface area contributed by atoms with E-state index >= 15 is 0 Å². The first-order valence-corrected chi connectivity index (χ1v) is 9.33. The van der Waals surface area contributed by atoms with Crippen LogP contribution >= 0.6 is 23.4 Å². The Bertz CT molecular complexity index is 905. The van der Waals surface area contributed by atoms with Gasteiger partial charge in [-0.15, -0.1) is 0 Å². The minimum Gasteiger partial charge on any atom is -0.507 e. The Balaban J connectivity index is 2.28. The van der Waals surface area contributed by atoms with Gasteiger partial charge in [0, 0.05) is 33.7 Å². The van der Waals surface area contributed by atoms with E-state index < -0.39 is 0 Å². The van der Waals surface area contributed by atoms with Crippen molar-refractivity contribution in [1.29, 1.82) is 0 Å². The molecule has 0 saturated heterocycles. The number of aromatic hydroxyl groups is 1. The van der Waals surface area contributed by atoms with Crippen LogP contribution in [0.3, 0.4) is 0 Å². The summed E-state index contributed by atoms with van der Waals surface area (Å²) in [5.74, 6) is 0.191. The van der Waals surface area contributed by atoms with Crippen molar-refractivity contribution in [2.75, 3.05) is 11.4 Å². The van der Waals surface area contributed by atoms with Crippen molar-refractivity contribution in [2.24, 2.45) is 0 Å². The van der Waals surface area contributed by atoms with Crippen LogP contribution in [-0.4, -0.2) is 17.4 Å². The van der Waals surface area contributed by atoms with E-state index in [1.54, 1.807) is 19.1 Å². The first-order valence-electron chi connectivity index (χ1n) is 8.14. The molecule has 0 bridgehead atoms. The lowest BCUT2D eigenvalue weighted by Crippen LogP contribution is -2.18. The molecule has 3 rings (SSSR count). The third-order valence-electron chi connectivity index (χ3n) is 4.37. The first-order chi connectivity index (χ1) is 11.8. The van der Waals surface area contributed by atoms with Crippen molar-refractivity contribution < 1.29 is 9.90 Å². The van der Waals surface area contributed by atoms with Crippen LogP contribution in [-0.2, 0) is 4.79 Å².